The monoisotopic (exact) mass is 263 g/mol. The van der Waals surface area contributed by atoms with Gasteiger partial charge >= 0.3 is 5.69 Å². The van der Waals surface area contributed by atoms with Crippen LogP contribution in [0.15, 0.2) is 33.9 Å². The van der Waals surface area contributed by atoms with Gasteiger partial charge in [0, 0.05) is 18.3 Å². The van der Waals surface area contributed by atoms with Crippen LogP contribution in [-0.2, 0) is 0 Å². The van der Waals surface area contributed by atoms with Crippen LogP contribution in [0.3, 0.4) is 0 Å². The van der Waals surface area contributed by atoms with Gasteiger partial charge in [-0.25, -0.2) is 9.89 Å². The van der Waals surface area contributed by atoms with Crippen molar-refractivity contribution in [2.24, 2.45) is 5.73 Å². The molecule has 0 aliphatic rings. The summed E-state index contributed by atoms with van der Waals surface area (Å²) in [6, 6.07) is 6.96. The summed E-state index contributed by atoms with van der Waals surface area (Å²) in [5, 5.41) is 8.53. The number of rotatable bonds is 5. The second-order valence-corrected chi connectivity index (χ2v) is 3.65. The minimum absolute atomic E-state index is 0.00410. The van der Waals surface area contributed by atoms with Crippen LogP contribution in [0.4, 0.5) is 11.5 Å². The molecule has 0 radical (unpaired) electrons. The molecular formula is C11H13N5O3. The normalized spacial score (nSPS) is 10.2. The van der Waals surface area contributed by atoms with Crippen molar-refractivity contribution >= 4 is 11.5 Å². The number of aromatic nitrogens is 3. The molecular weight excluding hydrogens is 250 g/mol. The minimum Gasteiger partial charge on any atom is -0.492 e. The Morgan fingerprint density at radius 3 is 2.95 bits per heavy atom. The Bertz CT molecular complexity index is 664. The predicted molar refractivity (Wildman–Crippen MR) is 69.8 cm³/mol. The van der Waals surface area contributed by atoms with Crippen molar-refractivity contribution in [3.8, 4) is 5.75 Å². The number of nitrogens with two attached hydrogens (primary N) is 1. The lowest BCUT2D eigenvalue weighted by Gasteiger charge is -2.07. The van der Waals surface area contributed by atoms with E-state index >= 15 is 0 Å². The van der Waals surface area contributed by atoms with E-state index in [9.17, 15) is 9.59 Å². The number of nitrogens with zero attached hydrogens (tertiary/aromatic N) is 1. The molecule has 8 heteroatoms. The first kappa shape index (κ1) is 12.8. The van der Waals surface area contributed by atoms with Gasteiger partial charge in [0.2, 0.25) is 5.82 Å². The van der Waals surface area contributed by atoms with Crippen LogP contribution in [0.25, 0.3) is 0 Å². The summed E-state index contributed by atoms with van der Waals surface area (Å²) in [6.45, 7) is 0.819. The number of hydrogen-bond acceptors (Lipinski definition) is 6. The molecule has 0 amide bonds. The molecule has 0 aliphatic heterocycles. The summed E-state index contributed by atoms with van der Waals surface area (Å²) in [5.74, 6) is 0.617. The second-order valence-electron chi connectivity index (χ2n) is 3.65. The highest BCUT2D eigenvalue weighted by Gasteiger charge is 2.03. The molecule has 2 aromatic rings. The van der Waals surface area contributed by atoms with Gasteiger partial charge in [0.1, 0.15) is 12.4 Å². The SMILES string of the molecule is NCCOc1cccc(Nc2n[nH]c(=O)[nH]c2=O)c1. The molecule has 5 N–H and O–H groups in total. The van der Waals surface area contributed by atoms with Crippen LogP contribution in [0.1, 0.15) is 0 Å². The van der Waals surface area contributed by atoms with E-state index in [1.165, 1.54) is 0 Å². The van der Waals surface area contributed by atoms with Gasteiger partial charge in [0.05, 0.1) is 0 Å². The van der Waals surface area contributed by atoms with Crippen molar-refractivity contribution in [3.63, 3.8) is 0 Å². The lowest BCUT2D eigenvalue weighted by molar-refractivity contribution is 0.328. The number of ether oxygens (including phenoxy) is 1. The molecule has 0 saturated carbocycles. The molecule has 2 rings (SSSR count). The molecule has 0 saturated heterocycles. The van der Waals surface area contributed by atoms with Gasteiger partial charge in [-0.2, -0.15) is 0 Å². The van der Waals surface area contributed by atoms with Gasteiger partial charge in [0.25, 0.3) is 5.56 Å². The van der Waals surface area contributed by atoms with Crippen molar-refractivity contribution in [2.45, 2.75) is 0 Å². The minimum atomic E-state index is -0.657. The Morgan fingerprint density at radius 1 is 1.37 bits per heavy atom. The first-order valence-corrected chi connectivity index (χ1v) is 5.58. The number of aromatic amines is 2. The van der Waals surface area contributed by atoms with Crippen LogP contribution in [0.2, 0.25) is 0 Å². The Labute approximate surface area is 107 Å². The summed E-state index contributed by atoms with van der Waals surface area (Å²) in [5.41, 5.74) is 4.70. The zero-order valence-corrected chi connectivity index (χ0v) is 9.97. The van der Waals surface area contributed by atoms with Crippen LogP contribution < -0.4 is 27.0 Å². The van der Waals surface area contributed by atoms with Crippen LogP contribution >= 0.6 is 0 Å². The molecule has 1 aromatic carbocycles. The average Bonchev–Trinajstić information content (AvgIpc) is 2.40. The molecule has 0 fully saturated rings. The summed E-state index contributed by atoms with van der Waals surface area (Å²) < 4.78 is 5.35. The topological polar surface area (TPSA) is 126 Å². The summed E-state index contributed by atoms with van der Waals surface area (Å²) >= 11 is 0. The first-order chi connectivity index (χ1) is 9.19. The van der Waals surface area contributed by atoms with Gasteiger partial charge in [-0.05, 0) is 12.1 Å². The van der Waals surface area contributed by atoms with Gasteiger partial charge in [-0.3, -0.25) is 9.78 Å². The third kappa shape index (κ3) is 3.42. The summed E-state index contributed by atoms with van der Waals surface area (Å²) in [6.07, 6.45) is 0. The van der Waals surface area contributed by atoms with Crippen LogP contribution in [0, 0.1) is 0 Å². The van der Waals surface area contributed by atoms with E-state index in [1.54, 1.807) is 24.3 Å². The number of H-pyrrole nitrogens is 2. The average molecular weight is 263 g/mol. The Morgan fingerprint density at radius 2 is 2.21 bits per heavy atom. The van der Waals surface area contributed by atoms with Gasteiger partial charge in [0.15, 0.2) is 0 Å². The third-order valence-corrected chi connectivity index (χ3v) is 2.19. The number of anilines is 2. The largest absolute Gasteiger partial charge is 0.492 e. The van der Waals surface area contributed by atoms with Crippen LogP contribution in [0.5, 0.6) is 5.75 Å². The standard InChI is InChI=1S/C11H13N5O3/c12-4-5-19-8-3-1-2-7(6-8)13-9-10(17)14-11(18)16-15-9/h1-3,6H,4-5,12H2,(H,13,15)(H2,14,16,17,18). The molecule has 0 spiro atoms. The smallest absolute Gasteiger partial charge is 0.342 e. The predicted octanol–water partition coefficient (Wildman–Crippen LogP) is -0.461. The van der Waals surface area contributed by atoms with Gasteiger partial charge in [-0.15, -0.1) is 5.10 Å². The van der Waals surface area contributed by atoms with E-state index in [0.29, 0.717) is 24.6 Å². The Hall–Kier alpha value is -2.61. The molecule has 0 aliphatic carbocycles. The Kier molecular flexibility index (Phi) is 3.94. The van der Waals surface area contributed by atoms with E-state index in [0.717, 1.165) is 0 Å². The molecule has 0 unspecified atom stereocenters. The number of benzene rings is 1. The molecule has 1 aromatic heterocycles. The van der Waals surface area contributed by atoms with Crippen molar-refractivity contribution in [2.75, 3.05) is 18.5 Å². The fourth-order valence-corrected chi connectivity index (χ4v) is 1.41. The molecule has 19 heavy (non-hydrogen) atoms. The second kappa shape index (κ2) is 5.83. The van der Waals surface area contributed by atoms with E-state index in [1.807, 2.05) is 0 Å². The summed E-state index contributed by atoms with van der Waals surface area (Å²) in [7, 11) is 0. The van der Waals surface area contributed by atoms with E-state index in [4.69, 9.17) is 10.5 Å². The maximum absolute atomic E-state index is 11.5. The van der Waals surface area contributed by atoms with Crippen molar-refractivity contribution in [1.82, 2.24) is 15.2 Å². The number of hydrogen-bond donors (Lipinski definition) is 4. The highest BCUT2D eigenvalue weighted by Crippen LogP contribution is 2.18. The summed E-state index contributed by atoms with van der Waals surface area (Å²) in [4.78, 5) is 24.4. The third-order valence-electron chi connectivity index (χ3n) is 2.19. The molecule has 0 atom stereocenters. The van der Waals surface area contributed by atoms with Crippen molar-refractivity contribution in [1.29, 1.82) is 0 Å². The molecule has 0 bridgehead atoms. The fraction of sp³-hybridized carbons (Fsp3) is 0.182. The number of nitrogens with one attached hydrogen (secondary N) is 3. The molecule has 100 valence electrons. The highest BCUT2D eigenvalue weighted by molar-refractivity contribution is 5.57. The molecule has 8 nitrogen and oxygen atoms in total. The van der Waals surface area contributed by atoms with E-state index in [2.05, 4.69) is 20.5 Å². The van der Waals surface area contributed by atoms with E-state index in [-0.39, 0.29) is 5.82 Å². The zero-order valence-electron chi connectivity index (χ0n) is 9.97. The van der Waals surface area contributed by atoms with Crippen molar-refractivity contribution < 1.29 is 4.74 Å². The fourth-order valence-electron chi connectivity index (χ4n) is 1.41. The quantitative estimate of drug-likeness (QED) is 0.578. The Balaban J connectivity index is 2.18. The first-order valence-electron chi connectivity index (χ1n) is 5.58. The highest BCUT2D eigenvalue weighted by atomic mass is 16.5. The zero-order chi connectivity index (χ0) is 13.7. The molecule has 1 heterocycles. The maximum atomic E-state index is 11.5. The van der Waals surface area contributed by atoms with E-state index < -0.39 is 11.2 Å². The van der Waals surface area contributed by atoms with Crippen LogP contribution in [-0.4, -0.2) is 28.3 Å². The maximum Gasteiger partial charge on any atom is 0.342 e. The van der Waals surface area contributed by atoms with Gasteiger partial charge < -0.3 is 15.8 Å². The lowest BCUT2D eigenvalue weighted by Crippen LogP contribution is -2.25. The van der Waals surface area contributed by atoms with Crippen molar-refractivity contribution in [3.05, 3.63) is 45.1 Å². The van der Waals surface area contributed by atoms with Gasteiger partial charge in [-0.1, -0.05) is 6.07 Å². The lowest BCUT2D eigenvalue weighted by atomic mass is 10.3.